The SMILES string of the molecule is Cc1ccc2c(c1)c1cc(C)ccc1n2-c1ccc(-c2nc(-c3ccccc3)nc(-c3ccccc3)n2)cc1-c1cccc([Si](c2ccccc2)(c2ccccc2)c2ccccc2)c1. The molecule has 2 aromatic heterocycles. The van der Waals surface area contributed by atoms with Crippen molar-refractivity contribution < 1.29 is 0 Å². The first-order valence-corrected chi connectivity index (χ1v) is 23.9. The first-order chi connectivity index (χ1) is 31.5. The third kappa shape index (κ3) is 6.83. The molecule has 64 heavy (non-hydrogen) atoms. The Hall–Kier alpha value is -7.99. The molecule has 11 rings (SSSR count). The second kappa shape index (κ2) is 16.4. The highest BCUT2D eigenvalue weighted by molar-refractivity contribution is 7.19. The van der Waals surface area contributed by atoms with Gasteiger partial charge in [-0.25, -0.2) is 15.0 Å². The van der Waals surface area contributed by atoms with Crippen LogP contribution in [0.15, 0.2) is 231 Å². The van der Waals surface area contributed by atoms with Gasteiger partial charge in [0, 0.05) is 33.0 Å². The molecular formula is C59H44N4Si. The molecule has 11 aromatic rings. The molecule has 0 aliphatic rings. The Kier molecular flexibility index (Phi) is 9.95. The van der Waals surface area contributed by atoms with Gasteiger partial charge >= 0.3 is 0 Å². The van der Waals surface area contributed by atoms with E-state index in [2.05, 4.69) is 213 Å². The lowest BCUT2D eigenvalue weighted by atomic mass is 9.99. The molecule has 2 heterocycles. The van der Waals surface area contributed by atoms with Crippen molar-refractivity contribution in [1.82, 2.24) is 19.5 Å². The third-order valence-corrected chi connectivity index (χ3v) is 17.3. The molecule has 0 unspecified atom stereocenters. The summed E-state index contributed by atoms with van der Waals surface area (Å²) in [6.45, 7) is 4.35. The van der Waals surface area contributed by atoms with E-state index in [1.54, 1.807) is 0 Å². The highest BCUT2D eigenvalue weighted by Crippen LogP contribution is 2.39. The lowest BCUT2D eigenvalue weighted by molar-refractivity contribution is 1.07. The molecule has 9 aromatic carbocycles. The zero-order valence-electron chi connectivity index (χ0n) is 35.7. The lowest BCUT2D eigenvalue weighted by Gasteiger charge is -2.34. The van der Waals surface area contributed by atoms with E-state index in [1.165, 1.54) is 42.6 Å². The summed E-state index contributed by atoms with van der Waals surface area (Å²) in [5, 5.41) is 7.78. The van der Waals surface area contributed by atoms with Gasteiger partial charge in [-0.1, -0.05) is 199 Å². The first kappa shape index (κ1) is 38.9. The van der Waals surface area contributed by atoms with Gasteiger partial charge in [-0.3, -0.25) is 0 Å². The summed E-state index contributed by atoms with van der Waals surface area (Å²) < 4.78 is 2.45. The van der Waals surface area contributed by atoms with Crippen molar-refractivity contribution in [2.75, 3.05) is 0 Å². The van der Waals surface area contributed by atoms with Crippen LogP contribution in [0.5, 0.6) is 0 Å². The molecule has 304 valence electrons. The average Bonchev–Trinajstić information content (AvgIpc) is 3.67. The van der Waals surface area contributed by atoms with Crippen molar-refractivity contribution >= 4 is 50.6 Å². The maximum atomic E-state index is 5.20. The van der Waals surface area contributed by atoms with Gasteiger partial charge in [0.15, 0.2) is 25.5 Å². The number of hydrogen-bond donors (Lipinski definition) is 0. The largest absolute Gasteiger partial charge is 0.309 e. The van der Waals surface area contributed by atoms with Crippen LogP contribution in [0.4, 0.5) is 0 Å². The minimum Gasteiger partial charge on any atom is -0.309 e. The normalized spacial score (nSPS) is 11.6. The Morgan fingerprint density at radius 1 is 0.328 bits per heavy atom. The Morgan fingerprint density at radius 3 is 1.20 bits per heavy atom. The van der Waals surface area contributed by atoms with Crippen LogP contribution in [0.1, 0.15) is 11.1 Å². The summed E-state index contributed by atoms with van der Waals surface area (Å²) in [6, 6.07) is 83.5. The van der Waals surface area contributed by atoms with Crippen LogP contribution in [0, 0.1) is 13.8 Å². The van der Waals surface area contributed by atoms with Gasteiger partial charge < -0.3 is 4.57 Å². The van der Waals surface area contributed by atoms with E-state index in [4.69, 9.17) is 15.0 Å². The molecule has 0 saturated carbocycles. The molecule has 4 nitrogen and oxygen atoms in total. The monoisotopic (exact) mass is 836 g/mol. The van der Waals surface area contributed by atoms with Crippen molar-refractivity contribution in [2.24, 2.45) is 0 Å². The van der Waals surface area contributed by atoms with Gasteiger partial charge in [0.05, 0.1) is 16.7 Å². The van der Waals surface area contributed by atoms with E-state index in [1.807, 2.05) is 36.4 Å². The second-order valence-electron chi connectivity index (χ2n) is 16.6. The van der Waals surface area contributed by atoms with Gasteiger partial charge in [-0.2, -0.15) is 0 Å². The summed E-state index contributed by atoms with van der Waals surface area (Å²) in [7, 11) is -2.86. The van der Waals surface area contributed by atoms with Crippen LogP contribution >= 0.6 is 0 Å². The van der Waals surface area contributed by atoms with Gasteiger partial charge in [0.1, 0.15) is 0 Å². The van der Waals surface area contributed by atoms with Crippen molar-refractivity contribution in [3.8, 4) is 51.0 Å². The fourth-order valence-corrected chi connectivity index (χ4v) is 14.3. The Morgan fingerprint density at radius 2 is 0.734 bits per heavy atom. The van der Waals surface area contributed by atoms with E-state index in [0.717, 1.165) is 44.5 Å². The van der Waals surface area contributed by atoms with Gasteiger partial charge in [0.2, 0.25) is 0 Å². The smallest absolute Gasteiger partial charge is 0.179 e. The van der Waals surface area contributed by atoms with E-state index in [0.29, 0.717) is 17.5 Å². The van der Waals surface area contributed by atoms with E-state index in [9.17, 15) is 0 Å². The molecule has 0 spiro atoms. The van der Waals surface area contributed by atoms with Crippen molar-refractivity contribution in [2.45, 2.75) is 13.8 Å². The number of benzene rings is 9. The fourth-order valence-electron chi connectivity index (χ4n) is 9.53. The summed E-state index contributed by atoms with van der Waals surface area (Å²) in [4.78, 5) is 15.4. The lowest BCUT2D eigenvalue weighted by Crippen LogP contribution is -2.74. The minimum atomic E-state index is -2.86. The Bertz CT molecular complexity index is 3230. The molecule has 0 amide bonds. The molecule has 0 saturated heterocycles. The number of rotatable bonds is 9. The van der Waals surface area contributed by atoms with Gasteiger partial charge in [0.25, 0.3) is 0 Å². The summed E-state index contributed by atoms with van der Waals surface area (Å²) in [5.74, 6) is 1.89. The summed E-state index contributed by atoms with van der Waals surface area (Å²) in [5.41, 5.74) is 10.9. The van der Waals surface area contributed by atoms with Crippen LogP contribution in [-0.4, -0.2) is 27.6 Å². The molecular weight excluding hydrogens is 793 g/mol. The minimum absolute atomic E-state index is 0.617. The molecule has 0 atom stereocenters. The molecule has 0 aliphatic carbocycles. The fraction of sp³-hybridized carbons (Fsp3) is 0.0339. The highest BCUT2D eigenvalue weighted by Gasteiger charge is 2.41. The van der Waals surface area contributed by atoms with E-state index >= 15 is 0 Å². The second-order valence-corrected chi connectivity index (χ2v) is 20.4. The topological polar surface area (TPSA) is 43.6 Å². The molecule has 0 N–H and O–H groups in total. The quantitative estimate of drug-likeness (QED) is 0.107. The van der Waals surface area contributed by atoms with Crippen LogP contribution < -0.4 is 20.7 Å². The standard InChI is InChI=1S/C59H44N4Si/c1-41-31-34-55-52(37-41)53-38-42(2)32-35-56(53)63(55)54-36-33-46(59-61-57(43-19-8-3-9-20-43)60-58(62-59)44-21-10-4-11-22-44)40-51(54)45-23-18-30-50(39-45)64(47-24-12-5-13-25-47,48-26-14-6-15-27-48)49-28-16-7-17-29-49/h3-40H,1-2H3. The number of nitrogens with zero attached hydrogens (tertiary/aromatic N) is 4. The molecule has 0 bridgehead atoms. The van der Waals surface area contributed by atoms with E-state index in [-0.39, 0.29) is 0 Å². The summed E-state index contributed by atoms with van der Waals surface area (Å²) in [6.07, 6.45) is 0. The van der Waals surface area contributed by atoms with Crippen molar-refractivity contribution in [3.63, 3.8) is 0 Å². The number of aryl methyl sites for hydroxylation is 2. The average molecular weight is 837 g/mol. The third-order valence-electron chi connectivity index (χ3n) is 12.5. The molecule has 0 radical (unpaired) electrons. The predicted molar refractivity (Wildman–Crippen MR) is 269 cm³/mol. The van der Waals surface area contributed by atoms with Crippen LogP contribution in [-0.2, 0) is 0 Å². The van der Waals surface area contributed by atoms with Crippen LogP contribution in [0.2, 0.25) is 0 Å². The van der Waals surface area contributed by atoms with E-state index < -0.39 is 8.07 Å². The Labute approximate surface area is 374 Å². The maximum absolute atomic E-state index is 5.20. The number of hydrogen-bond acceptors (Lipinski definition) is 3. The molecule has 0 fully saturated rings. The Balaban J connectivity index is 1.21. The maximum Gasteiger partial charge on any atom is 0.179 e. The predicted octanol–water partition coefficient (Wildman–Crippen LogP) is 11.6. The number of aromatic nitrogens is 4. The van der Waals surface area contributed by atoms with Crippen molar-refractivity contribution in [3.05, 3.63) is 242 Å². The first-order valence-electron chi connectivity index (χ1n) is 21.9. The zero-order valence-corrected chi connectivity index (χ0v) is 36.7. The number of fused-ring (bicyclic) bond motifs is 3. The van der Waals surface area contributed by atoms with Crippen LogP contribution in [0.3, 0.4) is 0 Å². The van der Waals surface area contributed by atoms with Crippen molar-refractivity contribution in [1.29, 1.82) is 0 Å². The highest BCUT2D eigenvalue weighted by atomic mass is 28.3. The zero-order chi connectivity index (χ0) is 43.0. The summed E-state index contributed by atoms with van der Waals surface area (Å²) >= 11 is 0. The van der Waals surface area contributed by atoms with Gasteiger partial charge in [-0.15, -0.1) is 0 Å². The van der Waals surface area contributed by atoms with Crippen LogP contribution in [0.25, 0.3) is 72.8 Å². The van der Waals surface area contributed by atoms with Gasteiger partial charge in [-0.05, 0) is 82.6 Å². The molecule has 0 aliphatic heterocycles. The molecule has 5 heteroatoms.